The molecule has 0 unspecified atom stereocenters. The number of pyridine rings is 1. The summed E-state index contributed by atoms with van der Waals surface area (Å²) in [4.78, 5) is 35.6. The number of benzene rings is 1. The molecule has 112 valence electrons. The van der Waals surface area contributed by atoms with Gasteiger partial charge in [0.2, 0.25) is 0 Å². The molecule has 9 heteroatoms. The van der Waals surface area contributed by atoms with Gasteiger partial charge >= 0.3 is 0 Å². The maximum Gasteiger partial charge on any atom is 0.262 e. The monoisotopic (exact) mass is 433 g/mol. The highest BCUT2D eigenvalue weighted by atomic mass is 127. The fraction of sp³-hybridized carbons (Fsp3) is 0. The van der Waals surface area contributed by atoms with Crippen molar-refractivity contribution in [2.24, 2.45) is 0 Å². The van der Waals surface area contributed by atoms with E-state index in [1.807, 2.05) is 0 Å². The van der Waals surface area contributed by atoms with Crippen molar-refractivity contribution in [3.8, 4) is 5.69 Å². The van der Waals surface area contributed by atoms with Gasteiger partial charge < -0.3 is 5.73 Å². The molecule has 22 heavy (non-hydrogen) atoms. The van der Waals surface area contributed by atoms with Gasteiger partial charge in [0.05, 0.1) is 25.4 Å². The second kappa shape index (κ2) is 5.06. The van der Waals surface area contributed by atoms with E-state index in [0.717, 1.165) is 16.7 Å². The van der Waals surface area contributed by atoms with Crippen LogP contribution in [0.3, 0.4) is 0 Å². The number of halogens is 3. The fourth-order valence-electron chi connectivity index (χ4n) is 2.21. The molecule has 0 atom stereocenters. The number of anilines is 1. The number of carbonyl (C=O) groups excluding carboxylic acids is 2. The Morgan fingerprint density at radius 2 is 1.86 bits per heavy atom. The average molecular weight is 434 g/mol. The summed E-state index contributed by atoms with van der Waals surface area (Å²) in [6, 6.07) is 3.37. The van der Waals surface area contributed by atoms with Crippen LogP contribution in [0.5, 0.6) is 0 Å². The van der Waals surface area contributed by atoms with Gasteiger partial charge in [-0.25, -0.2) is 4.39 Å². The number of nitrogen functional groups attached to an aromatic ring is 1. The highest BCUT2D eigenvalue weighted by molar-refractivity contribution is 14.1. The molecule has 0 aliphatic carbocycles. The normalized spacial score (nSPS) is 13.2. The molecule has 1 aromatic heterocycles. The SMILES string of the molecule is Nc1c2c(cc(=O)n1-c1cc(I)c(F)cc1Cl)C(=O)NC2=O. The van der Waals surface area contributed by atoms with Crippen molar-refractivity contribution in [3.63, 3.8) is 0 Å². The number of nitrogens with zero attached hydrogens (tertiary/aromatic N) is 1. The van der Waals surface area contributed by atoms with Crippen molar-refractivity contribution >= 4 is 51.8 Å². The summed E-state index contributed by atoms with van der Waals surface area (Å²) in [7, 11) is 0. The van der Waals surface area contributed by atoms with Gasteiger partial charge in [-0.1, -0.05) is 11.6 Å². The van der Waals surface area contributed by atoms with Gasteiger partial charge in [-0.05, 0) is 34.7 Å². The number of hydrogen-bond donors (Lipinski definition) is 2. The number of nitrogens with one attached hydrogen (secondary N) is 1. The first kappa shape index (κ1) is 15.0. The molecule has 3 rings (SSSR count). The summed E-state index contributed by atoms with van der Waals surface area (Å²) >= 11 is 7.71. The average Bonchev–Trinajstić information content (AvgIpc) is 2.70. The molecule has 2 heterocycles. The van der Waals surface area contributed by atoms with Crippen molar-refractivity contribution in [1.29, 1.82) is 0 Å². The topological polar surface area (TPSA) is 94.2 Å². The van der Waals surface area contributed by atoms with Crippen LogP contribution in [0.1, 0.15) is 20.7 Å². The lowest BCUT2D eigenvalue weighted by atomic mass is 10.1. The Balaban J connectivity index is 2.37. The van der Waals surface area contributed by atoms with Crippen LogP contribution in [0.15, 0.2) is 23.0 Å². The van der Waals surface area contributed by atoms with E-state index in [9.17, 15) is 18.8 Å². The lowest BCUT2D eigenvalue weighted by Crippen LogP contribution is -2.24. The summed E-state index contributed by atoms with van der Waals surface area (Å²) in [5.74, 6) is -2.15. The number of rotatable bonds is 1. The first-order chi connectivity index (χ1) is 10.3. The van der Waals surface area contributed by atoms with Crippen LogP contribution in [0.25, 0.3) is 5.69 Å². The van der Waals surface area contributed by atoms with Gasteiger partial charge in [-0.2, -0.15) is 0 Å². The molecule has 0 fully saturated rings. The number of fused-ring (bicyclic) bond motifs is 1. The molecule has 6 nitrogen and oxygen atoms in total. The van der Waals surface area contributed by atoms with Gasteiger partial charge in [0, 0.05) is 6.07 Å². The van der Waals surface area contributed by atoms with E-state index in [1.54, 1.807) is 22.6 Å². The molecule has 1 aliphatic rings. The second-order valence-electron chi connectivity index (χ2n) is 4.49. The number of aromatic nitrogens is 1. The van der Waals surface area contributed by atoms with Crippen molar-refractivity contribution in [2.75, 3.05) is 5.73 Å². The maximum absolute atomic E-state index is 13.5. The standard InChI is InChI=1S/C13H6ClFIN3O3/c14-5-2-6(15)7(16)3-8(5)19-9(20)1-4-10(11(19)17)13(22)18-12(4)21/h1-3H,17H2,(H,18,21,22). The van der Waals surface area contributed by atoms with Crippen molar-refractivity contribution in [3.05, 3.63) is 54.1 Å². The predicted molar refractivity (Wildman–Crippen MR) is 85.9 cm³/mol. The minimum absolute atomic E-state index is 0.0450. The van der Waals surface area contributed by atoms with Crippen molar-refractivity contribution < 1.29 is 14.0 Å². The smallest absolute Gasteiger partial charge is 0.262 e. The van der Waals surface area contributed by atoms with Gasteiger partial charge in [0.15, 0.2) is 0 Å². The van der Waals surface area contributed by atoms with Crippen molar-refractivity contribution in [2.45, 2.75) is 0 Å². The van der Waals surface area contributed by atoms with E-state index in [-0.39, 0.29) is 31.2 Å². The summed E-state index contributed by atoms with van der Waals surface area (Å²) < 4.78 is 14.7. The van der Waals surface area contributed by atoms with E-state index in [4.69, 9.17) is 17.3 Å². The van der Waals surface area contributed by atoms with E-state index in [1.165, 1.54) is 6.07 Å². The van der Waals surface area contributed by atoms with Gasteiger partial charge in [0.25, 0.3) is 17.4 Å². The number of imide groups is 1. The highest BCUT2D eigenvalue weighted by Gasteiger charge is 2.32. The van der Waals surface area contributed by atoms with Crippen molar-refractivity contribution in [1.82, 2.24) is 9.88 Å². The van der Waals surface area contributed by atoms with Crippen LogP contribution in [0.2, 0.25) is 5.02 Å². The Kier molecular flexibility index (Phi) is 3.44. The molecular weight excluding hydrogens is 428 g/mol. The Labute approximate surface area is 141 Å². The molecule has 0 saturated heterocycles. The zero-order valence-electron chi connectivity index (χ0n) is 10.6. The summed E-state index contributed by atoms with van der Waals surface area (Å²) in [6.45, 7) is 0. The van der Waals surface area contributed by atoms with Gasteiger partial charge in [-0.3, -0.25) is 24.3 Å². The van der Waals surface area contributed by atoms with Crippen LogP contribution in [-0.2, 0) is 0 Å². The molecule has 1 aliphatic heterocycles. The molecular formula is C13H6ClFIN3O3. The predicted octanol–water partition coefficient (Wildman–Crippen LogP) is 1.70. The van der Waals surface area contributed by atoms with E-state index >= 15 is 0 Å². The number of amides is 2. The lowest BCUT2D eigenvalue weighted by molar-refractivity contribution is 0.0880. The third kappa shape index (κ3) is 2.10. The Hall–Kier alpha value is -1.94. The summed E-state index contributed by atoms with van der Waals surface area (Å²) in [5, 5.41) is 2.01. The number of hydrogen-bond acceptors (Lipinski definition) is 4. The van der Waals surface area contributed by atoms with E-state index in [0.29, 0.717) is 0 Å². The zero-order chi connectivity index (χ0) is 16.2. The van der Waals surface area contributed by atoms with Crippen LogP contribution in [-0.4, -0.2) is 16.4 Å². The maximum atomic E-state index is 13.5. The Bertz CT molecular complexity index is 926. The third-order valence-corrected chi connectivity index (χ3v) is 4.31. The van der Waals surface area contributed by atoms with Gasteiger partial charge in [0.1, 0.15) is 11.6 Å². The summed E-state index contributed by atoms with van der Waals surface area (Å²) in [5.41, 5.74) is 5.17. The minimum Gasteiger partial charge on any atom is -0.384 e. The molecule has 2 aromatic rings. The first-order valence-corrected chi connectivity index (χ1v) is 7.33. The van der Waals surface area contributed by atoms with Crippen LogP contribution < -0.4 is 16.6 Å². The Morgan fingerprint density at radius 1 is 1.18 bits per heavy atom. The first-order valence-electron chi connectivity index (χ1n) is 5.87. The molecule has 2 amide bonds. The van der Waals surface area contributed by atoms with E-state index < -0.39 is 23.2 Å². The Morgan fingerprint density at radius 3 is 2.55 bits per heavy atom. The summed E-state index contributed by atoms with van der Waals surface area (Å²) in [6.07, 6.45) is 0. The lowest BCUT2D eigenvalue weighted by Gasteiger charge is -2.13. The van der Waals surface area contributed by atoms with Crippen LogP contribution >= 0.6 is 34.2 Å². The zero-order valence-corrected chi connectivity index (χ0v) is 13.5. The molecule has 0 radical (unpaired) electrons. The second-order valence-corrected chi connectivity index (χ2v) is 6.06. The minimum atomic E-state index is -0.695. The quantitative estimate of drug-likeness (QED) is 0.407. The molecule has 0 bridgehead atoms. The third-order valence-electron chi connectivity index (χ3n) is 3.18. The van der Waals surface area contributed by atoms with Gasteiger partial charge in [-0.15, -0.1) is 0 Å². The molecule has 1 aromatic carbocycles. The van der Waals surface area contributed by atoms with Crippen LogP contribution in [0.4, 0.5) is 10.2 Å². The molecule has 0 spiro atoms. The number of nitrogens with two attached hydrogens (primary N) is 1. The number of carbonyl (C=O) groups is 2. The largest absolute Gasteiger partial charge is 0.384 e. The highest BCUT2D eigenvalue weighted by Crippen LogP contribution is 2.29. The molecule has 0 saturated carbocycles. The molecule has 3 N–H and O–H groups in total. The van der Waals surface area contributed by atoms with E-state index in [2.05, 4.69) is 5.32 Å². The van der Waals surface area contributed by atoms with Crippen LogP contribution in [0, 0.1) is 9.39 Å². The fourth-order valence-corrected chi connectivity index (χ4v) is 2.90.